The van der Waals surface area contributed by atoms with Crippen molar-refractivity contribution in [1.82, 2.24) is 0 Å². The first kappa shape index (κ1) is 39.7. The Balaban J connectivity index is 1.31. The molecule has 4 heterocycles. The van der Waals surface area contributed by atoms with Gasteiger partial charge in [0, 0.05) is 23.8 Å². The van der Waals surface area contributed by atoms with Crippen molar-refractivity contribution in [2.24, 2.45) is 0 Å². The number of carboxylic acids is 1. The van der Waals surface area contributed by atoms with E-state index in [0.29, 0.717) is 11.3 Å². The third kappa shape index (κ3) is 7.75. The number of hydrogen-bond acceptors (Lipinski definition) is 19. The highest BCUT2D eigenvalue weighted by atomic mass is 16.8. The molecule has 3 aromatic rings. The number of phenols is 1. The van der Waals surface area contributed by atoms with Crippen LogP contribution in [0.4, 0.5) is 0 Å². The number of carboxylic acid groups (broad SMARTS) is 1. The Labute approximate surface area is 304 Å². The Bertz CT molecular complexity index is 1830. The molecule has 6 rings (SSSR count). The Kier molecular flexibility index (Phi) is 11.8. The number of aromatic hydroxyl groups is 1. The molecule has 10 N–H and O–H groups in total. The zero-order chi connectivity index (χ0) is 39.2. The lowest BCUT2D eigenvalue weighted by Crippen LogP contribution is -2.66. The fourth-order valence-corrected chi connectivity index (χ4v) is 6.29. The number of benzene rings is 2. The maximum Gasteiger partial charge on any atom is 0.335 e. The number of carbonyl (C=O) groups is 1. The van der Waals surface area contributed by atoms with E-state index in [2.05, 4.69) is 0 Å². The van der Waals surface area contributed by atoms with E-state index in [-0.39, 0.29) is 22.5 Å². The van der Waals surface area contributed by atoms with E-state index in [1.807, 2.05) is 0 Å². The number of methoxy groups -OCH3 is 1. The van der Waals surface area contributed by atoms with Gasteiger partial charge in [-0.05, 0) is 31.2 Å². The molecule has 15 atom stereocenters. The number of rotatable bonds is 10. The predicted octanol–water partition coefficient (Wildman–Crippen LogP) is -2.88. The average Bonchev–Trinajstić information content (AvgIpc) is 3.14. The van der Waals surface area contributed by atoms with Crippen molar-refractivity contribution >= 4 is 16.9 Å². The Morgan fingerprint density at radius 3 is 2.07 bits per heavy atom. The van der Waals surface area contributed by atoms with Crippen molar-refractivity contribution < 1.29 is 93.4 Å². The number of phenolic OH excluding ortho intramolecular Hbond substituents is 1. The van der Waals surface area contributed by atoms with Crippen LogP contribution in [-0.4, -0.2) is 163 Å². The van der Waals surface area contributed by atoms with Crippen LogP contribution < -0.4 is 14.9 Å². The Morgan fingerprint density at radius 2 is 1.41 bits per heavy atom. The van der Waals surface area contributed by atoms with Gasteiger partial charge in [-0.2, -0.15) is 0 Å². The minimum absolute atomic E-state index is 0.105. The third-order valence-electron chi connectivity index (χ3n) is 9.39. The largest absolute Gasteiger partial charge is 0.507 e. The van der Waals surface area contributed by atoms with Crippen LogP contribution in [0, 0.1) is 0 Å². The number of fused-ring (bicyclic) bond motifs is 1. The maximum absolute atomic E-state index is 13.1. The first-order valence-electron chi connectivity index (χ1n) is 16.6. The summed E-state index contributed by atoms with van der Waals surface area (Å²) >= 11 is 0. The Hall–Kier alpha value is -4.00. The summed E-state index contributed by atoms with van der Waals surface area (Å²) in [5.74, 6) is -1.95. The van der Waals surface area contributed by atoms with Gasteiger partial charge in [-0.15, -0.1) is 0 Å². The molecule has 20 nitrogen and oxygen atoms in total. The van der Waals surface area contributed by atoms with Crippen molar-refractivity contribution in [3.8, 4) is 28.6 Å². The van der Waals surface area contributed by atoms with Gasteiger partial charge in [-0.1, -0.05) is 0 Å². The standard InChI is InChI=1S/C34H40O20/c1-11-21(37)23(39)27(43)32(49-11)48-10-19-22(38)25(41)30(54-33-28(44)24(40)26(42)29(53-33)31(45)46)34(52-19)50-14-7-15(35)20-16(36)9-17(51-18(20)8-14)12-3-5-13(47-2)6-4-12/h3-9,11,19,21-30,32-35,37-44H,10H2,1-2H3,(H,45,46). The molecular weight excluding hydrogens is 728 g/mol. The van der Waals surface area contributed by atoms with E-state index in [0.717, 1.165) is 6.07 Å². The van der Waals surface area contributed by atoms with E-state index >= 15 is 0 Å². The van der Waals surface area contributed by atoms with Crippen molar-refractivity contribution in [1.29, 1.82) is 0 Å². The quantitative estimate of drug-likeness (QED) is 0.0990. The zero-order valence-corrected chi connectivity index (χ0v) is 28.5. The molecule has 0 bridgehead atoms. The zero-order valence-electron chi connectivity index (χ0n) is 28.5. The molecule has 296 valence electrons. The minimum atomic E-state index is -2.10. The summed E-state index contributed by atoms with van der Waals surface area (Å²) in [5, 5.41) is 104. The van der Waals surface area contributed by atoms with Crippen LogP contribution in [-0.2, 0) is 28.5 Å². The van der Waals surface area contributed by atoms with E-state index in [4.69, 9.17) is 37.6 Å². The number of aliphatic hydroxyl groups excluding tert-OH is 8. The van der Waals surface area contributed by atoms with Crippen LogP contribution in [0.15, 0.2) is 51.7 Å². The van der Waals surface area contributed by atoms with Gasteiger partial charge >= 0.3 is 5.97 Å². The number of hydrogen-bond donors (Lipinski definition) is 10. The molecule has 0 spiro atoms. The van der Waals surface area contributed by atoms with E-state index < -0.39 is 116 Å². The molecule has 0 aliphatic carbocycles. The second-order valence-corrected chi connectivity index (χ2v) is 13.0. The lowest BCUT2D eigenvalue weighted by atomic mass is 9.97. The highest BCUT2D eigenvalue weighted by Crippen LogP contribution is 2.36. The van der Waals surface area contributed by atoms with Crippen LogP contribution in [0.5, 0.6) is 17.2 Å². The molecule has 3 aliphatic rings. The van der Waals surface area contributed by atoms with Crippen LogP contribution in [0.1, 0.15) is 6.92 Å². The second kappa shape index (κ2) is 16.0. The number of aliphatic carboxylic acids is 1. The SMILES string of the molecule is COc1ccc(-c2cc(=O)c3c(O)cc(OC4OC(COC5OC(C)C(O)C(O)C5O)C(O)C(O)C4OC4OC(C(=O)O)C(O)C(O)C4O)cc3o2)cc1. The molecule has 2 aromatic carbocycles. The first-order valence-corrected chi connectivity index (χ1v) is 16.6. The molecular formula is C34H40O20. The maximum atomic E-state index is 13.1. The number of aliphatic hydroxyl groups is 8. The molecule has 3 aliphatic heterocycles. The fraction of sp³-hybridized carbons (Fsp3) is 0.529. The molecule has 0 radical (unpaired) electrons. The van der Waals surface area contributed by atoms with Crippen molar-refractivity contribution in [3.63, 3.8) is 0 Å². The molecule has 3 fully saturated rings. The van der Waals surface area contributed by atoms with Crippen molar-refractivity contribution in [2.45, 2.75) is 99.0 Å². The first-order chi connectivity index (χ1) is 25.6. The molecule has 20 heteroatoms. The highest BCUT2D eigenvalue weighted by molar-refractivity contribution is 5.86. The predicted molar refractivity (Wildman–Crippen MR) is 175 cm³/mol. The lowest BCUT2D eigenvalue weighted by Gasteiger charge is -2.46. The lowest BCUT2D eigenvalue weighted by molar-refractivity contribution is -0.359. The topological polar surface area (TPSA) is 314 Å². The second-order valence-electron chi connectivity index (χ2n) is 13.0. The van der Waals surface area contributed by atoms with Crippen LogP contribution in [0.25, 0.3) is 22.3 Å². The van der Waals surface area contributed by atoms with Gasteiger partial charge in [0.1, 0.15) is 88.9 Å². The highest BCUT2D eigenvalue weighted by Gasteiger charge is 2.53. The van der Waals surface area contributed by atoms with Crippen LogP contribution in [0.2, 0.25) is 0 Å². The summed E-state index contributed by atoms with van der Waals surface area (Å²) in [7, 11) is 1.48. The van der Waals surface area contributed by atoms with Crippen molar-refractivity contribution in [2.75, 3.05) is 13.7 Å². The number of ether oxygens (including phenoxy) is 7. The monoisotopic (exact) mass is 768 g/mol. The summed E-state index contributed by atoms with van der Waals surface area (Å²) in [6.07, 6.45) is -27.0. The molecule has 1 aromatic heterocycles. The van der Waals surface area contributed by atoms with E-state index in [1.54, 1.807) is 24.3 Å². The molecule has 15 unspecified atom stereocenters. The minimum Gasteiger partial charge on any atom is -0.507 e. The summed E-state index contributed by atoms with van der Waals surface area (Å²) in [6.45, 7) is 0.755. The summed E-state index contributed by atoms with van der Waals surface area (Å²) in [5.41, 5.74) is -0.304. The molecule has 3 saturated heterocycles. The van der Waals surface area contributed by atoms with Gasteiger partial charge in [-0.25, -0.2) is 4.79 Å². The molecule has 0 saturated carbocycles. The van der Waals surface area contributed by atoms with E-state index in [9.17, 15) is 60.7 Å². The average molecular weight is 769 g/mol. The van der Waals surface area contributed by atoms with Crippen LogP contribution >= 0.6 is 0 Å². The Morgan fingerprint density at radius 1 is 0.741 bits per heavy atom. The molecule has 0 amide bonds. The van der Waals surface area contributed by atoms with Gasteiger partial charge in [0.2, 0.25) is 6.29 Å². The van der Waals surface area contributed by atoms with Gasteiger partial charge in [0.05, 0.1) is 19.8 Å². The normalized spacial score (nSPS) is 37.2. The van der Waals surface area contributed by atoms with Crippen LogP contribution in [0.3, 0.4) is 0 Å². The van der Waals surface area contributed by atoms with Crippen molar-refractivity contribution in [3.05, 3.63) is 52.7 Å². The summed E-state index contributed by atoms with van der Waals surface area (Å²) in [6, 6.07) is 9.89. The summed E-state index contributed by atoms with van der Waals surface area (Å²) < 4.78 is 44.7. The van der Waals surface area contributed by atoms with Gasteiger partial charge in [0.25, 0.3) is 0 Å². The smallest absolute Gasteiger partial charge is 0.335 e. The van der Waals surface area contributed by atoms with Gasteiger partial charge in [0.15, 0.2) is 30.2 Å². The summed E-state index contributed by atoms with van der Waals surface area (Å²) in [4.78, 5) is 24.8. The van der Waals surface area contributed by atoms with Gasteiger partial charge < -0.3 is 88.6 Å². The molecule has 54 heavy (non-hydrogen) atoms. The third-order valence-corrected chi connectivity index (χ3v) is 9.39. The van der Waals surface area contributed by atoms with E-state index in [1.165, 1.54) is 26.2 Å². The van der Waals surface area contributed by atoms with Gasteiger partial charge in [-0.3, -0.25) is 4.79 Å². The fourth-order valence-electron chi connectivity index (χ4n) is 6.29.